The van der Waals surface area contributed by atoms with Gasteiger partial charge in [0.15, 0.2) is 5.82 Å². The predicted octanol–water partition coefficient (Wildman–Crippen LogP) is 2.42. The van der Waals surface area contributed by atoms with Crippen LogP contribution in [0.2, 0.25) is 0 Å². The van der Waals surface area contributed by atoms with Crippen LogP contribution in [0.15, 0.2) is 24.4 Å². The Hall–Kier alpha value is -2.84. The van der Waals surface area contributed by atoms with Gasteiger partial charge in [-0.05, 0) is 25.8 Å². The zero-order valence-electron chi connectivity index (χ0n) is 19.1. The highest BCUT2D eigenvalue weighted by molar-refractivity contribution is 5.77. The number of carbonyl (C=O) groups is 1. The van der Waals surface area contributed by atoms with Crippen LogP contribution in [0.25, 0.3) is 17.5 Å². The molecule has 0 aromatic carbocycles. The van der Waals surface area contributed by atoms with Crippen molar-refractivity contribution < 1.29 is 14.6 Å². The molecule has 0 spiro atoms. The van der Waals surface area contributed by atoms with E-state index in [9.17, 15) is 9.90 Å². The predicted molar refractivity (Wildman–Crippen MR) is 126 cm³/mol. The molecular weight excluding hydrogens is 418 g/mol. The van der Waals surface area contributed by atoms with E-state index in [1.54, 1.807) is 0 Å². The number of fused-ring (bicyclic) bond motifs is 1. The molecule has 2 aromatic rings. The Morgan fingerprint density at radius 2 is 2.21 bits per heavy atom. The lowest BCUT2D eigenvalue weighted by atomic mass is 9.93. The Bertz CT molecular complexity index is 1060. The molecule has 33 heavy (non-hydrogen) atoms. The Balaban J connectivity index is 1.54. The van der Waals surface area contributed by atoms with E-state index in [2.05, 4.69) is 35.0 Å². The fourth-order valence-electron chi connectivity index (χ4n) is 5.04. The van der Waals surface area contributed by atoms with Gasteiger partial charge in [-0.2, -0.15) is 0 Å². The second kappa shape index (κ2) is 9.57. The molecule has 8 heteroatoms. The number of rotatable bonds is 5. The monoisotopic (exact) mass is 449 g/mol. The maximum atomic E-state index is 12.4. The second-order valence-electron chi connectivity index (χ2n) is 9.07. The minimum Gasteiger partial charge on any atom is -0.396 e. The molecule has 2 aromatic heterocycles. The minimum atomic E-state index is -0.114. The third-order valence-corrected chi connectivity index (χ3v) is 6.82. The van der Waals surface area contributed by atoms with Crippen LogP contribution >= 0.6 is 0 Å². The molecule has 174 valence electrons. The van der Waals surface area contributed by atoms with Gasteiger partial charge in [0.25, 0.3) is 0 Å². The van der Waals surface area contributed by atoms with Crippen LogP contribution < -0.4 is 4.90 Å². The van der Waals surface area contributed by atoms with Gasteiger partial charge in [-0.15, -0.1) is 0 Å². The average molecular weight is 450 g/mol. The number of anilines is 1. The van der Waals surface area contributed by atoms with E-state index in [-0.39, 0.29) is 30.9 Å². The van der Waals surface area contributed by atoms with Crippen molar-refractivity contribution in [2.45, 2.75) is 44.6 Å². The first kappa shape index (κ1) is 22.0. The van der Waals surface area contributed by atoms with Gasteiger partial charge >= 0.3 is 0 Å². The quantitative estimate of drug-likeness (QED) is 0.750. The SMILES string of the molecule is C[C@@H]1COCCN1c1cc([C@H]2CCCN(C(=O)CCO)C2)nc(-c2ccnc3c2C=CC3)n1. The van der Waals surface area contributed by atoms with Gasteiger partial charge in [0.2, 0.25) is 5.91 Å². The number of amides is 1. The summed E-state index contributed by atoms with van der Waals surface area (Å²) in [5.74, 6) is 1.78. The Labute approximate surface area is 194 Å². The second-order valence-corrected chi connectivity index (χ2v) is 9.07. The zero-order chi connectivity index (χ0) is 22.8. The van der Waals surface area contributed by atoms with Crippen LogP contribution in [0.4, 0.5) is 5.82 Å². The molecule has 4 heterocycles. The van der Waals surface area contributed by atoms with Crippen molar-refractivity contribution >= 4 is 17.8 Å². The van der Waals surface area contributed by atoms with Gasteiger partial charge < -0.3 is 19.6 Å². The number of aromatic nitrogens is 3. The fraction of sp³-hybridized carbons (Fsp3) is 0.520. The molecule has 0 bridgehead atoms. The van der Waals surface area contributed by atoms with Crippen molar-refractivity contribution in [3.63, 3.8) is 0 Å². The first-order valence-electron chi connectivity index (χ1n) is 11.9. The molecule has 1 amide bonds. The maximum absolute atomic E-state index is 12.4. The summed E-state index contributed by atoms with van der Waals surface area (Å²) >= 11 is 0. The summed E-state index contributed by atoms with van der Waals surface area (Å²) in [6.45, 7) is 5.55. The molecule has 2 fully saturated rings. The summed E-state index contributed by atoms with van der Waals surface area (Å²) in [5.41, 5.74) is 4.13. The van der Waals surface area contributed by atoms with Crippen molar-refractivity contribution in [2.75, 3.05) is 44.4 Å². The summed E-state index contributed by atoms with van der Waals surface area (Å²) in [6, 6.07) is 4.33. The number of nitrogens with zero attached hydrogens (tertiary/aromatic N) is 5. The molecule has 0 saturated carbocycles. The highest BCUT2D eigenvalue weighted by Crippen LogP contribution is 2.33. The molecule has 2 saturated heterocycles. The summed E-state index contributed by atoms with van der Waals surface area (Å²) in [6.07, 6.45) is 8.99. The van der Waals surface area contributed by atoms with E-state index >= 15 is 0 Å². The number of ether oxygens (including phenoxy) is 1. The standard InChI is InChI=1S/C25H31N5O3/c1-17-16-33-13-11-30(17)23-14-22(18-4-3-10-29(15-18)24(32)8-12-31)27-25(28-23)20-7-9-26-21-6-2-5-19(20)21/h2,5,7,9,14,17-18,31H,3-4,6,8,10-13,15-16H2,1H3/t17-,18+/m1/s1. The largest absolute Gasteiger partial charge is 0.396 e. The third-order valence-electron chi connectivity index (χ3n) is 6.82. The number of hydrogen-bond donors (Lipinski definition) is 1. The first-order valence-corrected chi connectivity index (χ1v) is 11.9. The molecular formula is C25H31N5O3. The Morgan fingerprint density at radius 3 is 3.06 bits per heavy atom. The highest BCUT2D eigenvalue weighted by Gasteiger charge is 2.29. The average Bonchev–Trinajstić information content (AvgIpc) is 3.33. The molecule has 2 aliphatic heterocycles. The number of likely N-dealkylation sites (tertiary alicyclic amines) is 1. The van der Waals surface area contributed by atoms with Crippen LogP contribution in [-0.4, -0.2) is 76.4 Å². The van der Waals surface area contributed by atoms with E-state index in [0.717, 1.165) is 60.7 Å². The van der Waals surface area contributed by atoms with Gasteiger partial charge in [0.05, 0.1) is 37.3 Å². The van der Waals surface area contributed by atoms with Crippen molar-refractivity contribution in [1.29, 1.82) is 0 Å². The molecule has 0 radical (unpaired) electrons. The van der Waals surface area contributed by atoms with Gasteiger partial charge in [-0.3, -0.25) is 9.78 Å². The number of aliphatic hydroxyl groups excluding tert-OH is 1. The van der Waals surface area contributed by atoms with E-state index in [0.29, 0.717) is 25.6 Å². The number of piperidine rings is 1. The fourth-order valence-corrected chi connectivity index (χ4v) is 5.04. The molecule has 3 aliphatic rings. The van der Waals surface area contributed by atoms with Crippen molar-refractivity contribution in [3.8, 4) is 11.4 Å². The normalized spacial score (nSPS) is 22.5. The topological polar surface area (TPSA) is 91.7 Å². The van der Waals surface area contributed by atoms with Crippen LogP contribution in [0.1, 0.15) is 49.1 Å². The minimum absolute atomic E-state index is 0.00981. The Morgan fingerprint density at radius 1 is 1.30 bits per heavy atom. The van der Waals surface area contributed by atoms with Gasteiger partial charge in [-0.25, -0.2) is 9.97 Å². The van der Waals surface area contributed by atoms with Crippen LogP contribution in [-0.2, 0) is 16.0 Å². The zero-order valence-corrected chi connectivity index (χ0v) is 19.1. The van der Waals surface area contributed by atoms with Crippen LogP contribution in [0.5, 0.6) is 0 Å². The summed E-state index contributed by atoms with van der Waals surface area (Å²) in [4.78, 5) is 31.2. The molecule has 8 nitrogen and oxygen atoms in total. The van der Waals surface area contributed by atoms with Crippen molar-refractivity contribution in [1.82, 2.24) is 19.9 Å². The number of pyridine rings is 1. The van der Waals surface area contributed by atoms with E-state index < -0.39 is 0 Å². The van der Waals surface area contributed by atoms with Crippen molar-refractivity contribution in [3.05, 3.63) is 41.4 Å². The number of allylic oxidation sites excluding steroid dienone is 1. The molecule has 0 unspecified atom stereocenters. The molecule has 2 atom stereocenters. The number of aliphatic hydroxyl groups is 1. The Kier molecular flexibility index (Phi) is 6.37. The van der Waals surface area contributed by atoms with E-state index in [4.69, 9.17) is 14.7 Å². The van der Waals surface area contributed by atoms with E-state index in [1.807, 2.05) is 17.2 Å². The van der Waals surface area contributed by atoms with Crippen LogP contribution in [0, 0.1) is 0 Å². The molecule has 5 rings (SSSR count). The van der Waals surface area contributed by atoms with Gasteiger partial charge in [0.1, 0.15) is 5.82 Å². The third kappa shape index (κ3) is 4.50. The lowest BCUT2D eigenvalue weighted by molar-refractivity contribution is -0.133. The first-order chi connectivity index (χ1) is 16.1. The summed E-state index contributed by atoms with van der Waals surface area (Å²) in [5, 5.41) is 9.20. The lowest BCUT2D eigenvalue weighted by Gasteiger charge is -2.36. The number of carbonyl (C=O) groups excluding carboxylic acids is 1. The van der Waals surface area contributed by atoms with Crippen molar-refractivity contribution in [2.24, 2.45) is 0 Å². The number of morpholine rings is 1. The van der Waals surface area contributed by atoms with E-state index in [1.165, 1.54) is 0 Å². The van der Waals surface area contributed by atoms with Gasteiger partial charge in [-0.1, -0.05) is 12.2 Å². The smallest absolute Gasteiger partial charge is 0.224 e. The summed E-state index contributed by atoms with van der Waals surface area (Å²) < 4.78 is 5.65. The van der Waals surface area contributed by atoms with Gasteiger partial charge in [0, 0.05) is 61.8 Å². The molecule has 1 aliphatic carbocycles. The lowest BCUT2D eigenvalue weighted by Crippen LogP contribution is -2.44. The maximum Gasteiger partial charge on any atom is 0.224 e. The number of hydrogen-bond acceptors (Lipinski definition) is 7. The molecule has 1 N–H and O–H groups in total. The van der Waals surface area contributed by atoms with Crippen LogP contribution in [0.3, 0.4) is 0 Å². The highest BCUT2D eigenvalue weighted by atomic mass is 16.5. The summed E-state index contributed by atoms with van der Waals surface area (Å²) in [7, 11) is 0.